The summed E-state index contributed by atoms with van der Waals surface area (Å²) in [7, 11) is 0. The first kappa shape index (κ1) is 36.6. The number of rotatable bonds is 8. The highest BCUT2D eigenvalue weighted by atomic mass is 16.3. The largest absolute Gasteiger partial charge is 0.456 e. The van der Waals surface area contributed by atoms with Crippen LogP contribution in [0.1, 0.15) is 22.3 Å². The normalized spacial score (nSPS) is 12.6. The molecule has 0 amide bonds. The minimum atomic E-state index is -0.491. The molecule has 0 atom stereocenters. The van der Waals surface area contributed by atoms with Crippen LogP contribution < -0.4 is 4.90 Å². The molecule has 2 nitrogen and oxygen atoms in total. The topological polar surface area (TPSA) is 16.4 Å². The maximum absolute atomic E-state index is 6.85. The van der Waals surface area contributed by atoms with E-state index in [1.54, 1.807) is 0 Å². The van der Waals surface area contributed by atoms with Crippen molar-refractivity contribution in [2.24, 2.45) is 0 Å². The first-order valence-corrected chi connectivity index (χ1v) is 21.7. The maximum Gasteiger partial charge on any atom is 0.137 e. The van der Waals surface area contributed by atoms with Gasteiger partial charge in [0.05, 0.1) is 5.41 Å². The molecule has 0 fully saturated rings. The van der Waals surface area contributed by atoms with E-state index < -0.39 is 5.41 Å². The van der Waals surface area contributed by atoms with Crippen LogP contribution in [-0.2, 0) is 5.41 Å². The lowest BCUT2D eigenvalue weighted by Gasteiger charge is -2.33. The summed E-state index contributed by atoms with van der Waals surface area (Å²) in [5.41, 5.74) is 19.0. The van der Waals surface area contributed by atoms with Crippen LogP contribution in [0.4, 0.5) is 17.1 Å². The number of anilines is 3. The smallest absolute Gasteiger partial charge is 0.137 e. The van der Waals surface area contributed by atoms with E-state index in [1.807, 2.05) is 0 Å². The molecule has 0 saturated heterocycles. The first-order chi connectivity index (χ1) is 31.2. The van der Waals surface area contributed by atoms with Crippen LogP contribution in [0.5, 0.6) is 0 Å². The van der Waals surface area contributed by atoms with Crippen molar-refractivity contribution in [3.05, 3.63) is 271 Å². The monoisotopic (exact) mass is 803 g/mol. The number of nitrogens with zero attached hydrogens (tertiary/aromatic N) is 1. The van der Waals surface area contributed by atoms with Crippen molar-refractivity contribution in [2.75, 3.05) is 4.90 Å². The highest BCUT2D eigenvalue weighted by Gasteiger charge is 2.46. The summed E-state index contributed by atoms with van der Waals surface area (Å²) in [6.45, 7) is 0. The van der Waals surface area contributed by atoms with Gasteiger partial charge in [0.25, 0.3) is 0 Å². The van der Waals surface area contributed by atoms with Gasteiger partial charge in [-0.3, -0.25) is 0 Å². The van der Waals surface area contributed by atoms with Gasteiger partial charge in [-0.15, -0.1) is 0 Å². The molecule has 0 unspecified atom stereocenters. The van der Waals surface area contributed by atoms with Crippen LogP contribution in [0.25, 0.3) is 66.4 Å². The quantitative estimate of drug-likeness (QED) is 0.152. The fourth-order valence-electron chi connectivity index (χ4n) is 10.1. The molecule has 1 heterocycles. The number of furan rings is 1. The van der Waals surface area contributed by atoms with Gasteiger partial charge in [-0.2, -0.15) is 0 Å². The second-order valence-electron chi connectivity index (χ2n) is 16.4. The van der Waals surface area contributed by atoms with Gasteiger partial charge in [-0.05, 0) is 121 Å². The molecular weight excluding hydrogens is 763 g/mol. The summed E-state index contributed by atoms with van der Waals surface area (Å²) in [5, 5.41) is 2.18. The molecule has 1 aliphatic rings. The molecule has 1 aromatic heterocycles. The minimum absolute atomic E-state index is 0.491. The van der Waals surface area contributed by atoms with E-state index in [0.29, 0.717) is 0 Å². The third-order valence-electron chi connectivity index (χ3n) is 12.9. The molecule has 296 valence electrons. The lowest BCUT2D eigenvalue weighted by atomic mass is 9.67. The summed E-state index contributed by atoms with van der Waals surface area (Å²) >= 11 is 0. The van der Waals surface area contributed by atoms with Crippen LogP contribution in [0.15, 0.2) is 253 Å². The Kier molecular flexibility index (Phi) is 8.76. The van der Waals surface area contributed by atoms with Gasteiger partial charge in [0.15, 0.2) is 0 Å². The summed E-state index contributed by atoms with van der Waals surface area (Å²) in [6, 6.07) is 90.1. The first-order valence-electron chi connectivity index (χ1n) is 21.7. The molecule has 0 saturated carbocycles. The highest BCUT2D eigenvalue weighted by molar-refractivity contribution is 6.07. The van der Waals surface area contributed by atoms with E-state index in [1.165, 1.54) is 55.6 Å². The van der Waals surface area contributed by atoms with Crippen LogP contribution in [-0.4, -0.2) is 0 Å². The molecular formula is C61H41NO. The van der Waals surface area contributed by atoms with E-state index in [0.717, 1.165) is 50.1 Å². The highest BCUT2D eigenvalue weighted by Crippen LogP contribution is 2.56. The average molecular weight is 804 g/mol. The Hall–Kier alpha value is -8.20. The molecule has 12 rings (SSSR count). The summed E-state index contributed by atoms with van der Waals surface area (Å²) < 4.78 is 6.85. The Balaban J connectivity index is 1.05. The van der Waals surface area contributed by atoms with Gasteiger partial charge < -0.3 is 9.32 Å². The molecule has 10 aromatic carbocycles. The van der Waals surface area contributed by atoms with Crippen LogP contribution >= 0.6 is 0 Å². The molecule has 1 aliphatic carbocycles. The van der Waals surface area contributed by atoms with Crippen LogP contribution in [0.2, 0.25) is 0 Å². The molecule has 0 spiro atoms. The van der Waals surface area contributed by atoms with E-state index >= 15 is 0 Å². The Bertz CT molecular complexity index is 3320. The van der Waals surface area contributed by atoms with Gasteiger partial charge >= 0.3 is 0 Å². The van der Waals surface area contributed by atoms with Crippen molar-refractivity contribution in [1.29, 1.82) is 0 Å². The van der Waals surface area contributed by atoms with E-state index in [-0.39, 0.29) is 0 Å². The molecule has 0 N–H and O–H groups in total. The van der Waals surface area contributed by atoms with Gasteiger partial charge in [0, 0.05) is 33.9 Å². The Morgan fingerprint density at radius 2 is 0.778 bits per heavy atom. The Morgan fingerprint density at radius 3 is 1.37 bits per heavy atom. The van der Waals surface area contributed by atoms with Crippen LogP contribution in [0.3, 0.4) is 0 Å². The zero-order chi connectivity index (χ0) is 41.7. The number of fused-ring (bicyclic) bond motifs is 6. The van der Waals surface area contributed by atoms with E-state index in [9.17, 15) is 0 Å². The van der Waals surface area contributed by atoms with E-state index in [2.05, 4.69) is 254 Å². The Morgan fingerprint density at radius 1 is 0.286 bits per heavy atom. The lowest BCUT2D eigenvalue weighted by molar-refractivity contribution is 0.668. The second-order valence-corrected chi connectivity index (χ2v) is 16.4. The number of benzene rings is 10. The number of hydrogen-bond donors (Lipinski definition) is 0. The van der Waals surface area contributed by atoms with Gasteiger partial charge in [0.2, 0.25) is 0 Å². The summed E-state index contributed by atoms with van der Waals surface area (Å²) in [6.07, 6.45) is 0. The third kappa shape index (κ3) is 6.10. The van der Waals surface area contributed by atoms with Gasteiger partial charge in [-0.25, -0.2) is 0 Å². The van der Waals surface area contributed by atoms with E-state index in [4.69, 9.17) is 4.42 Å². The summed E-state index contributed by atoms with van der Waals surface area (Å²) in [5.74, 6) is 0. The van der Waals surface area contributed by atoms with Crippen molar-refractivity contribution < 1.29 is 4.42 Å². The third-order valence-corrected chi connectivity index (χ3v) is 12.9. The van der Waals surface area contributed by atoms with Crippen molar-refractivity contribution in [2.45, 2.75) is 5.41 Å². The average Bonchev–Trinajstić information content (AvgIpc) is 3.88. The minimum Gasteiger partial charge on any atom is -0.456 e. The number of hydrogen-bond acceptors (Lipinski definition) is 2. The van der Waals surface area contributed by atoms with Gasteiger partial charge in [0.1, 0.15) is 11.2 Å². The maximum atomic E-state index is 6.85. The van der Waals surface area contributed by atoms with Crippen molar-refractivity contribution in [3.63, 3.8) is 0 Å². The van der Waals surface area contributed by atoms with Crippen LogP contribution in [0, 0.1) is 0 Å². The SMILES string of the molecule is c1ccc(-c2ccc(N(c3cc(-c4ccccc4)cc(-c4ccccc4)c3)c3ccc4c(c3)oc3ccc(C5(c6ccccc6)c6ccccc6-c6ccccc65)cc34)cc2)cc1. The fourth-order valence-corrected chi connectivity index (χ4v) is 10.1. The van der Waals surface area contributed by atoms with Crippen molar-refractivity contribution >= 4 is 39.0 Å². The standard InChI is InChI=1S/C61H41NO/c1-5-17-42(18-6-1)45-29-32-50(33-30-45)62(52-38-46(43-19-7-2-8-20-43)37-47(39-52)44-21-9-3-10-22-44)51-34-35-55-56-40-49(31-36-59(56)63-60(55)41-51)61(48-23-11-4-12-24-48)57-27-15-13-25-53(57)54-26-14-16-28-58(54)61/h1-41H. The fraction of sp³-hybridized carbons (Fsp3) is 0.0164. The van der Waals surface area contributed by atoms with Gasteiger partial charge in [-0.1, -0.05) is 188 Å². The molecule has 63 heavy (non-hydrogen) atoms. The second kappa shape index (κ2) is 15.1. The molecule has 0 aliphatic heterocycles. The lowest BCUT2D eigenvalue weighted by Crippen LogP contribution is -2.28. The molecule has 2 heteroatoms. The molecule has 11 aromatic rings. The summed E-state index contributed by atoms with van der Waals surface area (Å²) in [4.78, 5) is 2.36. The predicted molar refractivity (Wildman–Crippen MR) is 262 cm³/mol. The zero-order valence-corrected chi connectivity index (χ0v) is 34.5. The van der Waals surface area contributed by atoms with Crippen molar-refractivity contribution in [3.8, 4) is 44.5 Å². The Labute approximate surface area is 367 Å². The zero-order valence-electron chi connectivity index (χ0n) is 34.5. The molecule has 0 radical (unpaired) electrons. The molecule has 0 bridgehead atoms. The predicted octanol–water partition coefficient (Wildman–Crippen LogP) is 16.4. The van der Waals surface area contributed by atoms with Crippen molar-refractivity contribution in [1.82, 2.24) is 0 Å².